The number of allylic oxidation sites excluding steroid dienone is 1. The molecule has 19 heavy (non-hydrogen) atoms. The van der Waals surface area contributed by atoms with Gasteiger partial charge in [-0.15, -0.1) is 0 Å². The monoisotopic (exact) mass is 261 g/mol. The van der Waals surface area contributed by atoms with Gasteiger partial charge in [-0.25, -0.2) is 0 Å². The first kappa shape index (κ1) is 15.3. The van der Waals surface area contributed by atoms with E-state index in [-0.39, 0.29) is 24.7 Å². The van der Waals surface area contributed by atoms with Gasteiger partial charge in [0, 0.05) is 11.8 Å². The number of hydrogen-bond acceptors (Lipinski definition) is 4. The van der Waals surface area contributed by atoms with Gasteiger partial charge < -0.3 is 9.84 Å². The standard InChI is InChI=1S/C15H19NO3/c1-11(9-19-10-16)5-6-15(18)12(2)7-13(17)8-14(15,3)4/h7,11,18H,8-9H2,1-4H3. The molecule has 0 radical (unpaired) electrons. The van der Waals surface area contributed by atoms with E-state index in [0.717, 1.165) is 0 Å². The zero-order valence-corrected chi connectivity index (χ0v) is 11.8. The van der Waals surface area contributed by atoms with Crippen LogP contribution in [-0.2, 0) is 9.53 Å². The van der Waals surface area contributed by atoms with Gasteiger partial charge >= 0.3 is 0 Å². The summed E-state index contributed by atoms with van der Waals surface area (Å²) in [5, 5.41) is 19.1. The van der Waals surface area contributed by atoms with Crippen molar-refractivity contribution >= 4 is 5.78 Å². The number of rotatable bonds is 2. The quantitative estimate of drug-likeness (QED) is 0.608. The molecule has 1 rings (SSSR count). The first-order valence-electron chi connectivity index (χ1n) is 6.20. The van der Waals surface area contributed by atoms with Crippen LogP contribution in [0.15, 0.2) is 11.6 Å². The number of aliphatic hydroxyl groups is 1. The van der Waals surface area contributed by atoms with Crippen molar-refractivity contribution in [3.05, 3.63) is 11.6 Å². The largest absolute Gasteiger partial charge is 0.426 e. The third-order valence-electron chi connectivity index (χ3n) is 3.44. The molecule has 0 bridgehead atoms. The van der Waals surface area contributed by atoms with Crippen molar-refractivity contribution in [2.45, 2.75) is 39.7 Å². The molecule has 4 nitrogen and oxygen atoms in total. The number of nitriles is 1. The average molecular weight is 261 g/mol. The molecule has 0 fully saturated rings. The third-order valence-corrected chi connectivity index (χ3v) is 3.44. The molecule has 0 aromatic rings. The van der Waals surface area contributed by atoms with Crippen molar-refractivity contribution in [2.24, 2.45) is 11.3 Å². The van der Waals surface area contributed by atoms with Gasteiger partial charge in [0.05, 0.1) is 5.92 Å². The van der Waals surface area contributed by atoms with Crippen LogP contribution in [0.2, 0.25) is 0 Å². The second-order valence-corrected chi connectivity index (χ2v) is 5.64. The highest BCUT2D eigenvalue weighted by Crippen LogP contribution is 2.42. The molecule has 0 aliphatic heterocycles. The summed E-state index contributed by atoms with van der Waals surface area (Å²) in [7, 11) is 0. The first-order valence-corrected chi connectivity index (χ1v) is 6.20. The minimum Gasteiger partial charge on any atom is -0.426 e. The van der Waals surface area contributed by atoms with Crippen molar-refractivity contribution < 1.29 is 14.6 Å². The fraction of sp³-hybridized carbons (Fsp3) is 0.600. The van der Waals surface area contributed by atoms with Crippen LogP contribution in [0.1, 0.15) is 34.1 Å². The van der Waals surface area contributed by atoms with Gasteiger partial charge in [-0.05, 0) is 25.5 Å². The van der Waals surface area contributed by atoms with E-state index >= 15 is 0 Å². The van der Waals surface area contributed by atoms with Crippen LogP contribution in [0.4, 0.5) is 0 Å². The number of ketones is 1. The molecule has 2 unspecified atom stereocenters. The normalized spacial score (nSPS) is 26.5. The highest BCUT2D eigenvalue weighted by molar-refractivity contribution is 5.93. The van der Waals surface area contributed by atoms with E-state index in [9.17, 15) is 9.90 Å². The SMILES string of the molecule is CC1=CC(=O)CC(C)(C)C1(O)C#CC(C)COC#N. The van der Waals surface area contributed by atoms with Crippen LogP contribution in [0, 0.1) is 34.7 Å². The van der Waals surface area contributed by atoms with E-state index < -0.39 is 11.0 Å². The fourth-order valence-corrected chi connectivity index (χ4v) is 2.19. The summed E-state index contributed by atoms with van der Waals surface area (Å²) >= 11 is 0. The second kappa shape index (κ2) is 5.47. The lowest BCUT2D eigenvalue weighted by molar-refractivity contribution is -0.121. The van der Waals surface area contributed by atoms with E-state index in [1.807, 2.05) is 20.8 Å². The van der Waals surface area contributed by atoms with E-state index in [2.05, 4.69) is 16.6 Å². The third kappa shape index (κ3) is 3.16. The summed E-state index contributed by atoms with van der Waals surface area (Å²) < 4.78 is 4.62. The number of carbonyl (C=O) groups is 1. The summed E-state index contributed by atoms with van der Waals surface area (Å²) in [6, 6.07) is 0. The first-order chi connectivity index (χ1) is 8.73. The van der Waals surface area contributed by atoms with Crippen LogP contribution in [0.3, 0.4) is 0 Å². The Morgan fingerprint density at radius 2 is 2.21 bits per heavy atom. The smallest absolute Gasteiger partial charge is 0.286 e. The van der Waals surface area contributed by atoms with Crippen LogP contribution < -0.4 is 0 Å². The Morgan fingerprint density at radius 3 is 2.74 bits per heavy atom. The fourth-order valence-electron chi connectivity index (χ4n) is 2.19. The lowest BCUT2D eigenvalue weighted by atomic mass is 9.65. The summed E-state index contributed by atoms with van der Waals surface area (Å²) in [4.78, 5) is 11.6. The van der Waals surface area contributed by atoms with Crippen LogP contribution in [0.5, 0.6) is 0 Å². The number of hydrogen-bond donors (Lipinski definition) is 1. The van der Waals surface area contributed by atoms with E-state index in [4.69, 9.17) is 5.26 Å². The predicted octanol–water partition coefficient (Wildman–Crippen LogP) is 1.80. The Hall–Kier alpha value is -1.78. The van der Waals surface area contributed by atoms with Gasteiger partial charge in [-0.1, -0.05) is 25.7 Å². The molecule has 1 aliphatic rings. The summed E-state index contributed by atoms with van der Waals surface area (Å²) in [5.74, 6) is 5.61. The second-order valence-electron chi connectivity index (χ2n) is 5.64. The zero-order chi connectivity index (χ0) is 14.7. The topological polar surface area (TPSA) is 70.3 Å². The highest BCUT2D eigenvalue weighted by Gasteiger charge is 2.47. The molecule has 0 aromatic carbocycles. The Morgan fingerprint density at radius 1 is 1.58 bits per heavy atom. The Kier molecular flexibility index (Phi) is 4.39. The number of carbonyl (C=O) groups excluding carboxylic acids is 1. The number of ether oxygens (including phenoxy) is 1. The molecule has 0 amide bonds. The predicted molar refractivity (Wildman–Crippen MR) is 70.6 cm³/mol. The Bertz CT molecular complexity index is 502. The summed E-state index contributed by atoms with van der Waals surface area (Å²) in [6.07, 6.45) is 3.31. The molecular weight excluding hydrogens is 242 g/mol. The molecule has 4 heteroatoms. The molecule has 0 heterocycles. The molecular formula is C15H19NO3. The molecule has 0 aromatic heterocycles. The summed E-state index contributed by atoms with van der Waals surface area (Å²) in [5.41, 5.74) is -1.39. The maximum atomic E-state index is 11.6. The van der Waals surface area contributed by atoms with Crippen molar-refractivity contribution in [1.82, 2.24) is 0 Å². The molecule has 2 atom stereocenters. The number of nitrogens with zero attached hydrogens (tertiary/aromatic N) is 1. The van der Waals surface area contributed by atoms with Crippen molar-refractivity contribution in [1.29, 1.82) is 5.26 Å². The average Bonchev–Trinajstić information content (AvgIpc) is 2.30. The van der Waals surface area contributed by atoms with Gasteiger partial charge in [-0.3, -0.25) is 4.79 Å². The van der Waals surface area contributed by atoms with Crippen LogP contribution >= 0.6 is 0 Å². The molecule has 0 spiro atoms. The van der Waals surface area contributed by atoms with E-state index in [1.165, 1.54) is 6.08 Å². The van der Waals surface area contributed by atoms with Gasteiger partial charge in [0.1, 0.15) is 6.61 Å². The molecule has 1 N–H and O–H groups in total. The lowest BCUT2D eigenvalue weighted by Gasteiger charge is -2.42. The minimum atomic E-state index is -1.32. The van der Waals surface area contributed by atoms with Gasteiger partial charge in [-0.2, -0.15) is 5.26 Å². The minimum absolute atomic E-state index is 0.00911. The van der Waals surface area contributed by atoms with E-state index in [0.29, 0.717) is 5.57 Å². The molecule has 1 aliphatic carbocycles. The van der Waals surface area contributed by atoms with Crippen LogP contribution in [0.25, 0.3) is 0 Å². The Balaban J connectivity index is 3.02. The maximum absolute atomic E-state index is 11.6. The van der Waals surface area contributed by atoms with Crippen molar-refractivity contribution in [2.75, 3.05) is 6.61 Å². The van der Waals surface area contributed by atoms with Gasteiger partial charge in [0.25, 0.3) is 6.26 Å². The Labute approximate surface area is 114 Å². The summed E-state index contributed by atoms with van der Waals surface area (Å²) in [6.45, 7) is 7.37. The van der Waals surface area contributed by atoms with Crippen LogP contribution in [-0.4, -0.2) is 23.1 Å². The highest BCUT2D eigenvalue weighted by atomic mass is 16.5. The van der Waals surface area contributed by atoms with Crippen molar-refractivity contribution in [3.63, 3.8) is 0 Å². The van der Waals surface area contributed by atoms with Crippen molar-refractivity contribution in [3.8, 4) is 18.1 Å². The lowest BCUT2D eigenvalue weighted by Crippen LogP contribution is -2.48. The molecule has 0 saturated carbocycles. The molecule has 0 saturated heterocycles. The van der Waals surface area contributed by atoms with E-state index in [1.54, 1.807) is 13.2 Å². The van der Waals surface area contributed by atoms with Gasteiger partial charge in [0.15, 0.2) is 11.4 Å². The van der Waals surface area contributed by atoms with Gasteiger partial charge in [0.2, 0.25) is 0 Å². The zero-order valence-electron chi connectivity index (χ0n) is 11.8. The molecule has 102 valence electrons. The maximum Gasteiger partial charge on any atom is 0.286 e.